The quantitative estimate of drug-likeness (QED) is 0.169. The van der Waals surface area contributed by atoms with Crippen LogP contribution in [0.1, 0.15) is 205 Å². The fourth-order valence-corrected chi connectivity index (χ4v) is 16.4. The van der Waals surface area contributed by atoms with Crippen LogP contribution in [0.4, 0.5) is 13.2 Å². The highest BCUT2D eigenvalue weighted by atomic mass is 35.5. The molecule has 1 aromatic carbocycles. The number of aryl methyl sites for hydroxylation is 1. The third-order valence-electron chi connectivity index (χ3n) is 22.7. The van der Waals surface area contributed by atoms with Crippen LogP contribution in [-0.4, -0.2) is 251 Å². The average Bonchev–Trinajstić information content (AvgIpc) is 1.32. The van der Waals surface area contributed by atoms with E-state index in [1.54, 1.807) is 11.8 Å². The van der Waals surface area contributed by atoms with Crippen molar-refractivity contribution in [2.45, 2.75) is 255 Å². The number of carbonyl (C=O) groups is 12. The molecule has 3 aliphatic carbocycles. The smallest absolute Gasteiger partial charge is 0.343 e. The lowest BCUT2D eigenvalue weighted by atomic mass is 9.81. The van der Waals surface area contributed by atoms with Gasteiger partial charge in [-0.1, -0.05) is 128 Å². The average molecular weight is 1460 g/mol. The summed E-state index contributed by atoms with van der Waals surface area (Å²) in [4.78, 5) is 192. The minimum absolute atomic E-state index is 0.0208. The molecule has 1 spiro atoms. The van der Waals surface area contributed by atoms with Gasteiger partial charge in [0.15, 0.2) is 0 Å². The first-order valence-corrected chi connectivity index (χ1v) is 37.9. The molecule has 7 rings (SSSR count). The Labute approximate surface area is 605 Å². The summed E-state index contributed by atoms with van der Waals surface area (Å²) in [6.45, 7) is 4.75. The topological polar surface area (TPSA) is 270 Å². The number of hydrogen-bond acceptors (Lipinski definition) is 12. The highest BCUT2D eigenvalue weighted by molar-refractivity contribution is 6.31. The molecule has 24 nitrogen and oxygen atoms in total. The molecule has 8 atom stereocenters. The van der Waals surface area contributed by atoms with E-state index in [9.17, 15) is 41.9 Å². The Morgan fingerprint density at radius 1 is 0.608 bits per heavy atom. The molecule has 6 fully saturated rings. The Hall–Kier alpha value is -7.06. The fraction of sp³-hybridized carbons (Fsp3) is 0.757. The molecule has 3 saturated carbocycles. The molecule has 570 valence electrons. The molecule has 3 heterocycles. The molecule has 0 aromatic heterocycles. The molecule has 0 radical (unpaired) electrons. The number of nitrogens with one attached hydrogen (secondary N) is 3. The molecule has 6 aliphatic rings. The molecule has 102 heavy (non-hydrogen) atoms. The van der Waals surface area contributed by atoms with Gasteiger partial charge in [-0.25, -0.2) is 0 Å². The second-order valence-corrected chi connectivity index (χ2v) is 30.4. The number of hydrogen-bond donors (Lipinski definition) is 3. The molecule has 28 heteroatoms. The van der Waals surface area contributed by atoms with Crippen molar-refractivity contribution in [1.82, 2.24) is 60.0 Å². The molecule has 0 bridgehead atoms. The third kappa shape index (κ3) is 20.9. The van der Waals surface area contributed by atoms with Crippen LogP contribution in [0, 0.1) is 17.8 Å². The summed E-state index contributed by atoms with van der Waals surface area (Å²) in [5.74, 6) is -8.42. The zero-order chi connectivity index (χ0) is 74.9. The summed E-state index contributed by atoms with van der Waals surface area (Å²) in [7, 11) is 10.1. The van der Waals surface area contributed by atoms with Crippen molar-refractivity contribution in [2.75, 3.05) is 88.6 Å². The lowest BCUT2D eigenvalue weighted by molar-refractivity contribution is -0.157. The Bertz CT molecular complexity index is 3140. The molecular formula is C74H114ClF3N12O12. The number of carbonyl (C=O) groups excluding carboxylic acids is 12. The van der Waals surface area contributed by atoms with Gasteiger partial charge in [-0.15, -0.1) is 0 Å². The molecule has 3 aliphatic heterocycles. The van der Waals surface area contributed by atoms with Gasteiger partial charge in [0.25, 0.3) is 0 Å². The van der Waals surface area contributed by atoms with Gasteiger partial charge in [0.2, 0.25) is 70.9 Å². The van der Waals surface area contributed by atoms with Crippen LogP contribution in [0.2, 0.25) is 5.02 Å². The van der Waals surface area contributed by atoms with Crippen LogP contribution >= 0.6 is 11.6 Å². The fourth-order valence-electron chi connectivity index (χ4n) is 16.1. The number of rotatable bonds is 13. The summed E-state index contributed by atoms with van der Waals surface area (Å²) in [6, 6.07) is -5.46. The maximum Gasteiger partial charge on any atom is 0.417 e. The summed E-state index contributed by atoms with van der Waals surface area (Å²) >= 11 is 6.17. The summed E-state index contributed by atoms with van der Waals surface area (Å²) in [5, 5.41) is 8.23. The van der Waals surface area contributed by atoms with Gasteiger partial charge >= 0.3 is 6.18 Å². The monoisotopic (exact) mass is 1450 g/mol. The second-order valence-electron chi connectivity index (χ2n) is 30.0. The minimum Gasteiger partial charge on any atom is -0.343 e. The Kier molecular flexibility index (Phi) is 30.3. The first-order chi connectivity index (χ1) is 48.3. The van der Waals surface area contributed by atoms with E-state index in [2.05, 4.69) is 16.0 Å². The predicted molar refractivity (Wildman–Crippen MR) is 378 cm³/mol. The van der Waals surface area contributed by atoms with E-state index >= 15 is 28.8 Å². The van der Waals surface area contributed by atoms with E-state index in [0.29, 0.717) is 82.9 Å². The van der Waals surface area contributed by atoms with Gasteiger partial charge in [-0.05, 0) is 119 Å². The predicted octanol–water partition coefficient (Wildman–Crippen LogP) is 6.96. The highest BCUT2D eigenvalue weighted by Crippen LogP contribution is 2.39. The Morgan fingerprint density at radius 3 is 1.83 bits per heavy atom. The first kappa shape index (κ1) is 82.2. The van der Waals surface area contributed by atoms with Crippen LogP contribution in [0.25, 0.3) is 0 Å². The summed E-state index contributed by atoms with van der Waals surface area (Å²) in [5.41, 5.74) is -2.33. The van der Waals surface area contributed by atoms with Gasteiger partial charge in [-0.2, -0.15) is 13.2 Å². The van der Waals surface area contributed by atoms with Crippen molar-refractivity contribution in [3.05, 3.63) is 34.3 Å². The van der Waals surface area contributed by atoms with Crippen molar-refractivity contribution in [3.8, 4) is 0 Å². The number of alkyl halides is 3. The van der Waals surface area contributed by atoms with Crippen molar-refractivity contribution in [3.63, 3.8) is 0 Å². The highest BCUT2D eigenvalue weighted by Gasteiger charge is 2.51. The molecular weight excluding hydrogens is 1340 g/mol. The van der Waals surface area contributed by atoms with E-state index in [4.69, 9.17) is 11.6 Å². The number of amides is 12. The number of nitrogens with zero attached hydrogens (tertiary/aromatic N) is 9. The van der Waals surface area contributed by atoms with E-state index < -0.39 is 173 Å². The second kappa shape index (κ2) is 37.6. The molecule has 1 aromatic rings. The SMILES string of the molecule is CCCCC[C@H]1C(=O)N[C@@H]([C@@H](C)CC)C(=O)N(C)CC(=O)N(C)CC(=O)N(C)[C@@H](CC2CCCCC2)C(=O)N(C)CC(=O)N[C@@H](CCc2ccc(C(F)(F)F)c(Cl)c2)C(=O)N2CCCC2C(=O)NC2(CCCC2)C(=O)N(C)[C@@H](C2CCCCC2)C(=O)N(C)[C@H](C(=O)N2CCCCC2)CC(=O)N1C. The minimum atomic E-state index is -4.76. The Morgan fingerprint density at radius 2 is 1.22 bits per heavy atom. The zero-order valence-electron chi connectivity index (χ0n) is 62.0. The third-order valence-corrected chi connectivity index (χ3v) is 23.0. The van der Waals surface area contributed by atoms with Crippen LogP contribution in [0.5, 0.6) is 0 Å². The number of halogens is 4. The largest absolute Gasteiger partial charge is 0.417 e. The van der Waals surface area contributed by atoms with Crippen molar-refractivity contribution < 1.29 is 70.7 Å². The maximum atomic E-state index is 15.9. The summed E-state index contributed by atoms with van der Waals surface area (Å²) < 4.78 is 41.7. The molecule has 1 unspecified atom stereocenters. The van der Waals surface area contributed by atoms with Crippen molar-refractivity contribution >= 4 is 82.5 Å². The number of unbranched alkanes of at least 4 members (excludes halogenated alkanes) is 2. The van der Waals surface area contributed by atoms with Crippen LogP contribution < -0.4 is 16.0 Å². The normalized spacial score (nSPS) is 26.6. The van der Waals surface area contributed by atoms with Crippen molar-refractivity contribution in [2.24, 2.45) is 17.8 Å². The number of likely N-dealkylation sites (tertiary alicyclic amines) is 1. The van der Waals surface area contributed by atoms with E-state index in [-0.39, 0.29) is 57.4 Å². The lowest BCUT2D eigenvalue weighted by Crippen LogP contribution is -2.65. The molecule has 3 saturated heterocycles. The lowest BCUT2D eigenvalue weighted by Gasteiger charge is -2.43. The van der Waals surface area contributed by atoms with Gasteiger partial charge < -0.3 is 60.0 Å². The number of benzene rings is 1. The van der Waals surface area contributed by atoms with E-state index in [0.717, 1.165) is 91.0 Å². The number of piperidine rings is 1. The standard InChI is InChI=1S/C74H114ClF3N12O12/c1-11-13-17-31-55-65(95)80-63(48(3)12-2)70(100)84(6)46-61(93)82(4)47-62(94)86(8)57(43-49-27-18-14-19-28-49)68(98)83(5)45-59(91)79-54(36-34-50-33-35-52(53(75)42-50)74(76,77)78)67(97)90-41-26-32-56(90)66(96)81-73(37-22-23-38-73)72(102)88(10)64(51-29-20-15-21-30-51)71(101)87(9)58(44-60(92)85(55)7)69(99)89-39-24-16-25-40-89/h33,35,42,48-49,51,54-58,63-64H,11-32,34,36-41,43-47H2,1-10H3,(H,79,91)(H,80,95)(H,81,96)/t48-,54-,55-,56?,57-,58-,63-,64-/m0/s1. The number of fused-ring (bicyclic) bond motifs is 1. The van der Waals surface area contributed by atoms with Crippen molar-refractivity contribution in [1.29, 1.82) is 0 Å². The van der Waals surface area contributed by atoms with Gasteiger partial charge in [0, 0.05) is 69.0 Å². The van der Waals surface area contributed by atoms with Gasteiger partial charge in [-0.3, -0.25) is 57.5 Å². The molecule has 3 N–H and O–H groups in total. The van der Waals surface area contributed by atoms with Gasteiger partial charge in [0.05, 0.1) is 36.6 Å². The zero-order valence-corrected chi connectivity index (χ0v) is 62.7. The van der Waals surface area contributed by atoms with Crippen LogP contribution in [0.3, 0.4) is 0 Å². The number of likely N-dealkylation sites (N-methyl/N-ethyl adjacent to an activating group) is 7. The van der Waals surface area contributed by atoms with Crippen LogP contribution in [-0.2, 0) is 70.1 Å². The molecule has 12 amide bonds. The summed E-state index contributed by atoms with van der Waals surface area (Å²) in [6.07, 6.45) is 9.22. The Balaban J connectivity index is 1.29. The maximum absolute atomic E-state index is 15.9. The van der Waals surface area contributed by atoms with E-state index in [1.807, 2.05) is 13.8 Å². The van der Waals surface area contributed by atoms with E-state index in [1.165, 1.54) is 79.9 Å². The van der Waals surface area contributed by atoms with Crippen LogP contribution in [0.15, 0.2) is 18.2 Å². The first-order valence-electron chi connectivity index (χ1n) is 37.5. The van der Waals surface area contributed by atoms with Gasteiger partial charge in [0.1, 0.15) is 47.8 Å².